The minimum atomic E-state index is -1.68. The largest absolute Gasteiger partial charge is 0.472 e. The standard InChI is InChI=1S/C28H42O14/c1-11-5-6-13(19(11)26(36)38-4)15(8-29)25(35)40-17-7-14-16(24(34)37-3)10-39-27(20(14)12(17)2)42-28-23(33)22(32)21(31)18(9-30)41-28/h10-15,17-23,27-33H,5-9H2,1-4H3/t11-,12-,13+,14+,15+,17-,18+,19+,20+,21+,22-,23+,27-,28-/m0/s1. The van der Waals surface area contributed by atoms with Crippen molar-refractivity contribution >= 4 is 17.9 Å². The molecule has 0 amide bonds. The van der Waals surface area contributed by atoms with Gasteiger partial charge in [0.05, 0.1) is 51.1 Å². The fourth-order valence-corrected chi connectivity index (χ4v) is 7.09. The van der Waals surface area contributed by atoms with Crippen LogP contribution in [-0.4, -0.2) is 114 Å². The molecule has 4 rings (SSSR count). The number of fused-ring (bicyclic) bond motifs is 1. The molecule has 2 aliphatic carbocycles. The Labute approximate surface area is 243 Å². The van der Waals surface area contributed by atoms with Gasteiger partial charge in [-0.2, -0.15) is 0 Å². The Bertz CT molecular complexity index is 1010. The fourth-order valence-electron chi connectivity index (χ4n) is 7.09. The maximum absolute atomic E-state index is 13.4. The second-order valence-electron chi connectivity index (χ2n) is 11.7. The molecule has 238 valence electrons. The first-order chi connectivity index (χ1) is 20.0. The smallest absolute Gasteiger partial charge is 0.337 e. The van der Waals surface area contributed by atoms with Gasteiger partial charge in [-0.15, -0.1) is 0 Å². The normalized spacial score (nSPS) is 42.1. The lowest BCUT2D eigenvalue weighted by atomic mass is 9.81. The summed E-state index contributed by atoms with van der Waals surface area (Å²) in [6, 6.07) is 0. The lowest BCUT2D eigenvalue weighted by molar-refractivity contribution is -0.342. The molecular formula is C28H42O14. The van der Waals surface area contributed by atoms with Gasteiger partial charge in [0.1, 0.15) is 30.5 Å². The van der Waals surface area contributed by atoms with Crippen LogP contribution in [0, 0.1) is 41.4 Å². The van der Waals surface area contributed by atoms with Crippen molar-refractivity contribution in [1.29, 1.82) is 0 Å². The van der Waals surface area contributed by atoms with Crippen LogP contribution < -0.4 is 0 Å². The molecule has 2 saturated carbocycles. The van der Waals surface area contributed by atoms with Gasteiger partial charge in [-0.1, -0.05) is 13.8 Å². The Kier molecular flexibility index (Phi) is 10.5. The highest BCUT2D eigenvalue weighted by Crippen LogP contribution is 2.49. The highest BCUT2D eigenvalue weighted by molar-refractivity contribution is 5.89. The molecule has 14 atom stereocenters. The third-order valence-corrected chi connectivity index (χ3v) is 9.51. The highest BCUT2D eigenvalue weighted by Gasteiger charge is 2.55. The van der Waals surface area contributed by atoms with Crippen molar-refractivity contribution in [3.8, 4) is 0 Å². The van der Waals surface area contributed by atoms with E-state index in [9.17, 15) is 39.9 Å². The molecule has 2 heterocycles. The zero-order valence-electron chi connectivity index (χ0n) is 24.1. The van der Waals surface area contributed by atoms with Crippen molar-refractivity contribution in [3.05, 3.63) is 11.8 Å². The first kappa shape index (κ1) is 32.6. The van der Waals surface area contributed by atoms with Crippen LogP contribution in [0.1, 0.15) is 33.1 Å². The summed E-state index contributed by atoms with van der Waals surface area (Å²) in [6.45, 7) is 2.52. The van der Waals surface area contributed by atoms with Crippen molar-refractivity contribution in [3.63, 3.8) is 0 Å². The maximum atomic E-state index is 13.4. The van der Waals surface area contributed by atoms with E-state index in [0.717, 1.165) is 0 Å². The van der Waals surface area contributed by atoms with E-state index in [0.29, 0.717) is 12.8 Å². The van der Waals surface area contributed by atoms with Crippen LogP contribution in [0.4, 0.5) is 0 Å². The van der Waals surface area contributed by atoms with Crippen LogP contribution in [0.15, 0.2) is 11.8 Å². The number of hydrogen-bond donors (Lipinski definition) is 5. The van der Waals surface area contributed by atoms with Gasteiger partial charge in [0.2, 0.25) is 6.29 Å². The first-order valence-corrected chi connectivity index (χ1v) is 14.3. The number of methoxy groups -OCH3 is 2. The summed E-state index contributed by atoms with van der Waals surface area (Å²) in [6.07, 6.45) is -6.90. The number of aliphatic hydroxyl groups is 5. The molecule has 14 nitrogen and oxygen atoms in total. The van der Waals surface area contributed by atoms with Gasteiger partial charge in [-0.05, 0) is 31.1 Å². The van der Waals surface area contributed by atoms with Crippen molar-refractivity contribution in [2.75, 3.05) is 27.4 Å². The molecule has 0 bridgehead atoms. The van der Waals surface area contributed by atoms with E-state index in [1.54, 1.807) is 6.92 Å². The van der Waals surface area contributed by atoms with Crippen LogP contribution in [0.3, 0.4) is 0 Å². The SMILES string of the molecule is COC(=O)C1=CO[C@@H](O[C@@H]2O[C@H](CO)[C@@H](O)[C@H](O)[C@H]2O)[C@@H]2[C@@H](C)[C@@H](OC(=O)[C@H](CO)[C@H]3CC[C@H](C)[C@H]3C(=O)OC)C[C@H]12. The summed E-state index contributed by atoms with van der Waals surface area (Å²) in [7, 11) is 2.51. The summed E-state index contributed by atoms with van der Waals surface area (Å²) in [5.74, 6) is -5.39. The van der Waals surface area contributed by atoms with Gasteiger partial charge < -0.3 is 54.0 Å². The first-order valence-electron chi connectivity index (χ1n) is 14.3. The Morgan fingerprint density at radius 1 is 1.00 bits per heavy atom. The molecule has 0 aromatic heterocycles. The molecule has 0 spiro atoms. The molecule has 0 radical (unpaired) electrons. The molecule has 42 heavy (non-hydrogen) atoms. The van der Waals surface area contributed by atoms with Crippen LogP contribution in [0.25, 0.3) is 0 Å². The number of esters is 3. The molecule has 0 unspecified atom stereocenters. The summed E-state index contributed by atoms with van der Waals surface area (Å²) >= 11 is 0. The van der Waals surface area contributed by atoms with Crippen molar-refractivity contribution in [2.24, 2.45) is 41.4 Å². The van der Waals surface area contributed by atoms with Crippen LogP contribution in [0.2, 0.25) is 0 Å². The third-order valence-electron chi connectivity index (χ3n) is 9.51. The zero-order valence-corrected chi connectivity index (χ0v) is 24.1. The predicted molar refractivity (Wildman–Crippen MR) is 138 cm³/mol. The number of aliphatic hydroxyl groups excluding tert-OH is 5. The van der Waals surface area contributed by atoms with Crippen molar-refractivity contribution in [1.82, 2.24) is 0 Å². The van der Waals surface area contributed by atoms with Crippen molar-refractivity contribution in [2.45, 2.75) is 76.2 Å². The Morgan fingerprint density at radius 3 is 2.33 bits per heavy atom. The molecule has 14 heteroatoms. The minimum Gasteiger partial charge on any atom is -0.472 e. The van der Waals surface area contributed by atoms with Crippen LogP contribution in [-0.2, 0) is 42.8 Å². The molecule has 2 aliphatic heterocycles. The van der Waals surface area contributed by atoms with Crippen molar-refractivity contribution < 1.29 is 68.3 Å². The maximum Gasteiger partial charge on any atom is 0.337 e. The average Bonchev–Trinajstić information content (AvgIpc) is 3.52. The number of rotatable bonds is 9. The number of carbonyl (C=O) groups is 3. The topological polar surface area (TPSA) is 208 Å². The lowest BCUT2D eigenvalue weighted by Crippen LogP contribution is -2.60. The van der Waals surface area contributed by atoms with E-state index < -0.39 is 110 Å². The second-order valence-corrected chi connectivity index (χ2v) is 11.7. The second kappa shape index (κ2) is 13.5. The number of ether oxygens (including phenoxy) is 6. The highest BCUT2D eigenvalue weighted by atomic mass is 16.8. The third kappa shape index (κ3) is 6.03. The van der Waals surface area contributed by atoms with Gasteiger partial charge in [0.25, 0.3) is 0 Å². The lowest BCUT2D eigenvalue weighted by Gasteiger charge is -2.43. The number of hydrogen-bond acceptors (Lipinski definition) is 14. The van der Waals surface area contributed by atoms with E-state index in [4.69, 9.17) is 28.4 Å². The molecule has 4 aliphatic rings. The predicted octanol–water partition coefficient (Wildman–Crippen LogP) is -1.16. The fraction of sp³-hybridized carbons (Fsp3) is 0.821. The molecule has 0 aromatic carbocycles. The van der Waals surface area contributed by atoms with Crippen LogP contribution >= 0.6 is 0 Å². The van der Waals surface area contributed by atoms with E-state index in [-0.39, 0.29) is 17.9 Å². The molecule has 3 fully saturated rings. The Hall–Kier alpha value is -2.33. The molecule has 1 saturated heterocycles. The summed E-state index contributed by atoms with van der Waals surface area (Å²) in [5, 5.41) is 50.5. The van der Waals surface area contributed by atoms with Crippen LogP contribution in [0.5, 0.6) is 0 Å². The Balaban J connectivity index is 1.53. The summed E-state index contributed by atoms with van der Waals surface area (Å²) < 4.78 is 32.9. The van der Waals surface area contributed by atoms with E-state index in [1.807, 2.05) is 6.92 Å². The van der Waals surface area contributed by atoms with Gasteiger partial charge in [0.15, 0.2) is 6.29 Å². The van der Waals surface area contributed by atoms with Gasteiger partial charge in [-0.25, -0.2) is 4.79 Å². The molecule has 5 N–H and O–H groups in total. The summed E-state index contributed by atoms with van der Waals surface area (Å²) in [5.41, 5.74) is 0.190. The summed E-state index contributed by atoms with van der Waals surface area (Å²) in [4.78, 5) is 38.5. The van der Waals surface area contributed by atoms with Gasteiger partial charge in [0, 0.05) is 17.8 Å². The molecule has 0 aromatic rings. The minimum absolute atomic E-state index is 0.0252. The quantitative estimate of drug-likeness (QED) is 0.156. The van der Waals surface area contributed by atoms with E-state index in [1.165, 1.54) is 20.5 Å². The van der Waals surface area contributed by atoms with E-state index in [2.05, 4.69) is 0 Å². The molecular weight excluding hydrogens is 560 g/mol. The zero-order chi connectivity index (χ0) is 30.9. The van der Waals surface area contributed by atoms with E-state index >= 15 is 0 Å². The average molecular weight is 603 g/mol. The Morgan fingerprint density at radius 2 is 1.71 bits per heavy atom. The van der Waals surface area contributed by atoms with Gasteiger partial charge in [-0.3, -0.25) is 9.59 Å². The van der Waals surface area contributed by atoms with Gasteiger partial charge >= 0.3 is 17.9 Å². The number of carbonyl (C=O) groups excluding carboxylic acids is 3. The monoisotopic (exact) mass is 602 g/mol.